The summed E-state index contributed by atoms with van der Waals surface area (Å²) in [4.78, 5) is 4.32. The maximum Gasteiger partial charge on any atom is 0.419 e. The van der Waals surface area contributed by atoms with E-state index in [-0.39, 0.29) is 17.9 Å². The zero-order valence-corrected chi connectivity index (χ0v) is 14.2. The van der Waals surface area contributed by atoms with Gasteiger partial charge in [-0.05, 0) is 37.1 Å². The van der Waals surface area contributed by atoms with E-state index in [1.54, 1.807) is 6.20 Å². The Morgan fingerprint density at radius 3 is 2.78 bits per heavy atom. The molecular formula is C19H17F4N3O. The van der Waals surface area contributed by atoms with Gasteiger partial charge in [0.1, 0.15) is 23.3 Å². The van der Waals surface area contributed by atoms with Crippen molar-refractivity contribution in [3.8, 4) is 5.75 Å². The van der Waals surface area contributed by atoms with Gasteiger partial charge in [-0.15, -0.1) is 0 Å². The van der Waals surface area contributed by atoms with Crippen LogP contribution in [0.5, 0.6) is 5.75 Å². The molecule has 0 saturated heterocycles. The highest BCUT2D eigenvalue weighted by Gasteiger charge is 2.35. The van der Waals surface area contributed by atoms with Crippen LogP contribution in [0.2, 0.25) is 0 Å². The van der Waals surface area contributed by atoms with Gasteiger partial charge in [0.15, 0.2) is 0 Å². The molecule has 1 N–H and O–H groups in total. The molecule has 1 saturated carbocycles. The summed E-state index contributed by atoms with van der Waals surface area (Å²) in [5.74, 6) is -1.26. The third kappa shape index (κ3) is 3.75. The van der Waals surface area contributed by atoms with Gasteiger partial charge in [-0.2, -0.15) is 13.2 Å². The van der Waals surface area contributed by atoms with Crippen LogP contribution in [0.1, 0.15) is 24.0 Å². The van der Waals surface area contributed by atoms with Gasteiger partial charge in [-0.3, -0.25) is 0 Å². The fourth-order valence-electron chi connectivity index (χ4n) is 3.22. The number of alkyl halides is 3. The summed E-state index contributed by atoms with van der Waals surface area (Å²) >= 11 is 0. The van der Waals surface area contributed by atoms with Gasteiger partial charge >= 0.3 is 6.18 Å². The van der Waals surface area contributed by atoms with E-state index >= 15 is 0 Å². The third-order valence-electron chi connectivity index (χ3n) is 4.72. The van der Waals surface area contributed by atoms with Crippen molar-refractivity contribution in [1.82, 2.24) is 14.7 Å². The third-order valence-corrected chi connectivity index (χ3v) is 4.72. The van der Waals surface area contributed by atoms with Crippen LogP contribution >= 0.6 is 0 Å². The fourth-order valence-corrected chi connectivity index (χ4v) is 3.22. The first-order valence-electron chi connectivity index (χ1n) is 8.57. The Bertz CT molecular complexity index is 948. The molecule has 0 atom stereocenters. The summed E-state index contributed by atoms with van der Waals surface area (Å²) in [5.41, 5.74) is 0.658. The summed E-state index contributed by atoms with van der Waals surface area (Å²) in [5, 5.41) is 3.40. The first-order chi connectivity index (χ1) is 12.9. The number of aromatic nitrogens is 2. The van der Waals surface area contributed by atoms with Crippen molar-refractivity contribution in [3.63, 3.8) is 0 Å². The van der Waals surface area contributed by atoms with Crippen molar-refractivity contribution in [1.29, 1.82) is 0 Å². The molecule has 0 aliphatic heterocycles. The van der Waals surface area contributed by atoms with Crippen LogP contribution in [0.25, 0.3) is 5.65 Å². The van der Waals surface area contributed by atoms with Gasteiger partial charge in [0.25, 0.3) is 0 Å². The second-order valence-electron chi connectivity index (χ2n) is 6.62. The minimum absolute atomic E-state index is 0.0364. The molecule has 2 aromatic heterocycles. The van der Waals surface area contributed by atoms with E-state index in [1.807, 2.05) is 28.9 Å². The van der Waals surface area contributed by atoms with Crippen molar-refractivity contribution >= 4 is 5.65 Å². The zero-order valence-electron chi connectivity index (χ0n) is 14.2. The van der Waals surface area contributed by atoms with Crippen LogP contribution in [0, 0.1) is 5.82 Å². The Morgan fingerprint density at radius 1 is 1.19 bits per heavy atom. The number of benzene rings is 1. The highest BCUT2D eigenvalue weighted by molar-refractivity contribution is 5.47. The lowest BCUT2D eigenvalue weighted by molar-refractivity contribution is -0.140. The van der Waals surface area contributed by atoms with Gasteiger partial charge in [0.2, 0.25) is 0 Å². The predicted octanol–water partition coefficient (Wildman–Crippen LogP) is 4.19. The Balaban J connectivity index is 1.31. The average molecular weight is 379 g/mol. The molecule has 3 aromatic rings. The highest BCUT2D eigenvalue weighted by Crippen LogP contribution is 2.35. The smallest absolute Gasteiger partial charge is 0.419 e. The van der Waals surface area contributed by atoms with E-state index in [0.29, 0.717) is 19.4 Å². The quantitative estimate of drug-likeness (QED) is 0.676. The first-order valence-corrected chi connectivity index (χ1v) is 8.57. The molecule has 2 heterocycles. The summed E-state index contributed by atoms with van der Waals surface area (Å²) in [7, 11) is 0. The second-order valence-corrected chi connectivity index (χ2v) is 6.62. The van der Waals surface area contributed by atoms with Crippen molar-refractivity contribution in [2.24, 2.45) is 0 Å². The highest BCUT2D eigenvalue weighted by atomic mass is 19.4. The van der Waals surface area contributed by atoms with Crippen LogP contribution in [0.15, 0.2) is 48.9 Å². The number of hydrogen-bond donors (Lipinski definition) is 1. The second kappa shape index (κ2) is 6.84. The predicted molar refractivity (Wildman–Crippen MR) is 90.9 cm³/mol. The number of hydrogen-bond acceptors (Lipinski definition) is 3. The van der Waals surface area contributed by atoms with Crippen LogP contribution in [-0.4, -0.2) is 21.5 Å². The molecule has 1 fully saturated rings. The monoisotopic (exact) mass is 379 g/mol. The Morgan fingerprint density at radius 2 is 2.00 bits per heavy atom. The molecule has 4 rings (SSSR count). The van der Waals surface area contributed by atoms with Crippen LogP contribution in [-0.2, 0) is 12.7 Å². The maximum absolute atomic E-state index is 13.3. The number of nitrogens with zero attached hydrogens (tertiary/aromatic N) is 2. The van der Waals surface area contributed by atoms with E-state index in [2.05, 4.69) is 10.3 Å². The zero-order chi connectivity index (χ0) is 19.0. The van der Waals surface area contributed by atoms with E-state index in [4.69, 9.17) is 4.74 Å². The number of ether oxygens (including phenoxy) is 1. The van der Waals surface area contributed by atoms with Gasteiger partial charge in [-0.1, -0.05) is 6.07 Å². The molecule has 27 heavy (non-hydrogen) atoms. The molecule has 0 bridgehead atoms. The molecule has 0 unspecified atom stereocenters. The SMILES string of the molecule is Fc1ccc(O[C@H]2C[C@H](NCc3cccn4ccnc34)C2)cc1C(F)(F)F. The van der Waals surface area contributed by atoms with Crippen molar-refractivity contribution < 1.29 is 22.3 Å². The van der Waals surface area contributed by atoms with Crippen LogP contribution in [0.3, 0.4) is 0 Å². The van der Waals surface area contributed by atoms with Gasteiger partial charge in [0, 0.05) is 36.7 Å². The van der Waals surface area contributed by atoms with Gasteiger partial charge in [0.05, 0.1) is 5.56 Å². The molecule has 8 heteroatoms. The van der Waals surface area contributed by atoms with E-state index in [9.17, 15) is 17.6 Å². The number of fused-ring (bicyclic) bond motifs is 1. The summed E-state index contributed by atoms with van der Waals surface area (Å²) in [6.45, 7) is 0.646. The molecule has 0 amide bonds. The largest absolute Gasteiger partial charge is 0.490 e. The first kappa shape index (κ1) is 17.8. The standard InChI is InChI=1S/C19H17F4N3O/c20-17-4-3-14(10-16(17)19(21,22)23)27-15-8-13(9-15)25-11-12-2-1-6-26-7-5-24-18(12)26/h1-7,10,13,15,25H,8-9,11H2/t13-,15-. The number of nitrogens with one attached hydrogen (secondary N) is 1. The van der Waals surface area contributed by atoms with Crippen LogP contribution in [0.4, 0.5) is 17.6 Å². The molecule has 0 spiro atoms. The molecule has 1 aliphatic rings. The minimum Gasteiger partial charge on any atom is -0.490 e. The van der Waals surface area contributed by atoms with Gasteiger partial charge < -0.3 is 14.5 Å². The molecule has 4 nitrogen and oxygen atoms in total. The maximum atomic E-state index is 13.3. The normalized spacial score (nSPS) is 19.9. The summed E-state index contributed by atoms with van der Waals surface area (Å²) in [6, 6.07) is 6.90. The van der Waals surface area contributed by atoms with Crippen molar-refractivity contribution in [2.75, 3.05) is 0 Å². The molecule has 1 aliphatic carbocycles. The number of imidazole rings is 1. The van der Waals surface area contributed by atoms with Gasteiger partial charge in [-0.25, -0.2) is 9.37 Å². The minimum atomic E-state index is -4.74. The Labute approximate surface area is 152 Å². The van der Waals surface area contributed by atoms with E-state index in [1.165, 1.54) is 6.07 Å². The summed E-state index contributed by atoms with van der Waals surface area (Å²) in [6.07, 6.45) is 1.98. The Kier molecular flexibility index (Phi) is 4.51. The van der Waals surface area contributed by atoms with Crippen LogP contribution < -0.4 is 10.1 Å². The van der Waals surface area contributed by atoms with Crippen molar-refractivity contribution in [3.05, 3.63) is 65.9 Å². The Hall–Kier alpha value is -2.61. The summed E-state index contributed by atoms with van der Waals surface area (Å²) < 4.78 is 59.1. The number of halogens is 4. The average Bonchev–Trinajstić information content (AvgIpc) is 3.06. The number of pyridine rings is 1. The lowest BCUT2D eigenvalue weighted by Gasteiger charge is -2.36. The number of rotatable bonds is 5. The lowest BCUT2D eigenvalue weighted by Crippen LogP contribution is -2.46. The topological polar surface area (TPSA) is 38.6 Å². The molecule has 142 valence electrons. The molecule has 1 aromatic carbocycles. The van der Waals surface area contributed by atoms with E-state index < -0.39 is 17.6 Å². The fraction of sp³-hybridized carbons (Fsp3) is 0.316. The van der Waals surface area contributed by atoms with E-state index in [0.717, 1.165) is 23.3 Å². The lowest BCUT2D eigenvalue weighted by atomic mass is 9.89. The van der Waals surface area contributed by atoms with Crippen molar-refractivity contribution in [2.45, 2.75) is 37.7 Å². The molecular weight excluding hydrogens is 362 g/mol. The molecule has 0 radical (unpaired) electrons.